The van der Waals surface area contributed by atoms with Crippen molar-refractivity contribution in [3.63, 3.8) is 0 Å². The van der Waals surface area contributed by atoms with Crippen molar-refractivity contribution in [1.82, 2.24) is 19.5 Å². The van der Waals surface area contributed by atoms with E-state index in [1.165, 1.54) is 12.1 Å². The second kappa shape index (κ2) is 10.1. The van der Waals surface area contributed by atoms with Gasteiger partial charge in [0.15, 0.2) is 5.65 Å². The van der Waals surface area contributed by atoms with E-state index in [9.17, 15) is 9.18 Å². The van der Waals surface area contributed by atoms with Gasteiger partial charge < -0.3 is 21.1 Å². The van der Waals surface area contributed by atoms with Crippen molar-refractivity contribution in [3.8, 4) is 0 Å². The average molecular weight is 522 g/mol. The molecule has 1 aromatic carbocycles. The molecular weight excluding hydrogens is 496 g/mol. The van der Waals surface area contributed by atoms with Gasteiger partial charge in [-0.25, -0.2) is 14.4 Å². The number of hydrogen-bond donors (Lipinski definition) is 3. The third kappa shape index (κ3) is 5.14. The zero-order valence-corrected chi connectivity index (χ0v) is 20.4. The molecule has 1 saturated heterocycles. The van der Waals surface area contributed by atoms with E-state index in [1.54, 1.807) is 6.20 Å². The lowest BCUT2D eigenvalue weighted by molar-refractivity contribution is -0.122. The molecule has 2 aliphatic rings. The number of anilines is 3. The van der Waals surface area contributed by atoms with E-state index in [0.717, 1.165) is 32.3 Å². The monoisotopic (exact) mass is 521 g/mol. The number of benzene rings is 1. The van der Waals surface area contributed by atoms with Gasteiger partial charge >= 0.3 is 0 Å². The molecule has 1 aliphatic heterocycles. The second-order valence-electron chi connectivity index (χ2n) is 9.04. The summed E-state index contributed by atoms with van der Waals surface area (Å²) >= 11 is 12.6. The lowest BCUT2D eigenvalue weighted by Gasteiger charge is -2.29. The number of nitrogens with one attached hydrogen (secondary N) is 2. The van der Waals surface area contributed by atoms with Gasteiger partial charge in [0.05, 0.1) is 34.6 Å². The van der Waals surface area contributed by atoms with Crippen molar-refractivity contribution < 1.29 is 13.9 Å². The number of carbonyl (C=O) groups is 1. The van der Waals surface area contributed by atoms with E-state index in [1.807, 2.05) is 4.57 Å². The molecule has 0 bridgehead atoms. The minimum atomic E-state index is -0.530. The van der Waals surface area contributed by atoms with Crippen molar-refractivity contribution in [2.75, 3.05) is 23.8 Å². The summed E-state index contributed by atoms with van der Waals surface area (Å²) in [4.78, 5) is 25.6. The lowest BCUT2D eigenvalue weighted by Crippen LogP contribution is -2.31. The number of carbonyl (C=O) groups excluding carboxylic acids is 1. The van der Waals surface area contributed by atoms with Crippen LogP contribution in [-0.2, 0) is 9.53 Å². The number of nitrogens with zero attached hydrogens (tertiary/aromatic N) is 4. The number of nitrogens with two attached hydrogens (primary N) is 1. The summed E-state index contributed by atoms with van der Waals surface area (Å²) < 4.78 is 21.3. The first-order chi connectivity index (χ1) is 16.9. The summed E-state index contributed by atoms with van der Waals surface area (Å²) in [7, 11) is 0. The molecule has 3 heterocycles. The number of ether oxygens (including phenoxy) is 1. The van der Waals surface area contributed by atoms with Crippen LogP contribution in [0.4, 0.5) is 22.0 Å². The first-order valence-electron chi connectivity index (χ1n) is 11.7. The molecule has 0 spiro atoms. The van der Waals surface area contributed by atoms with Crippen LogP contribution in [0.5, 0.6) is 0 Å². The molecule has 4 N–H and O–H groups in total. The largest absolute Gasteiger partial charge is 0.379 e. The normalized spacial score (nSPS) is 22.8. The first kappa shape index (κ1) is 24.0. The summed E-state index contributed by atoms with van der Waals surface area (Å²) in [5, 5.41) is 6.81. The summed E-state index contributed by atoms with van der Waals surface area (Å²) in [5.41, 5.74) is 7.11. The third-order valence-electron chi connectivity index (χ3n) is 6.63. The molecule has 12 heteroatoms. The van der Waals surface area contributed by atoms with Crippen LogP contribution in [0, 0.1) is 11.7 Å². The van der Waals surface area contributed by atoms with Gasteiger partial charge in [-0.15, -0.1) is 0 Å². The predicted octanol–water partition coefficient (Wildman–Crippen LogP) is 4.82. The van der Waals surface area contributed by atoms with Crippen LogP contribution in [0.15, 0.2) is 18.3 Å². The zero-order valence-electron chi connectivity index (χ0n) is 18.9. The molecule has 3 aromatic rings. The van der Waals surface area contributed by atoms with Crippen LogP contribution < -0.4 is 16.4 Å². The second-order valence-corrected chi connectivity index (χ2v) is 9.86. The average Bonchev–Trinajstić information content (AvgIpc) is 3.19. The zero-order chi connectivity index (χ0) is 24.5. The molecule has 9 nitrogen and oxygen atoms in total. The quantitative estimate of drug-likeness (QED) is 0.425. The summed E-state index contributed by atoms with van der Waals surface area (Å²) in [6, 6.07) is 2.53. The first-order valence-corrected chi connectivity index (χ1v) is 12.4. The van der Waals surface area contributed by atoms with E-state index in [-0.39, 0.29) is 34.0 Å². The Morgan fingerprint density at radius 1 is 1.14 bits per heavy atom. The standard InChI is InChI=1S/C23H26Cl2FN7O2/c24-16-8-13(26)9-17(25)19(16)31-23-30-18-10-28-22(29-14-2-1-7-35-11-14)32-21(18)33(23)15-5-3-12(4-6-15)20(27)34/h8-10,12,14-15H,1-7,11H2,(H2,27,34)(H,30,31)(H,28,29,32)/t12-,14-,15-/m1/s1. The summed E-state index contributed by atoms with van der Waals surface area (Å²) in [6.45, 7) is 1.37. The van der Waals surface area contributed by atoms with E-state index < -0.39 is 5.82 Å². The van der Waals surface area contributed by atoms with Crippen LogP contribution in [-0.4, -0.2) is 44.7 Å². The lowest BCUT2D eigenvalue weighted by atomic mass is 9.85. The van der Waals surface area contributed by atoms with Gasteiger partial charge in [0.1, 0.15) is 11.3 Å². The minimum absolute atomic E-state index is 0.0110. The molecule has 0 unspecified atom stereocenters. The molecule has 2 aromatic heterocycles. The molecule has 1 saturated carbocycles. The fourth-order valence-electron chi connectivity index (χ4n) is 4.82. The van der Waals surface area contributed by atoms with Crippen molar-refractivity contribution in [2.24, 2.45) is 11.7 Å². The minimum Gasteiger partial charge on any atom is -0.379 e. The Labute approximate surface area is 211 Å². The topological polar surface area (TPSA) is 120 Å². The fourth-order valence-corrected chi connectivity index (χ4v) is 5.38. The van der Waals surface area contributed by atoms with Gasteiger partial charge in [0, 0.05) is 18.6 Å². The number of imidazole rings is 1. The highest BCUT2D eigenvalue weighted by Gasteiger charge is 2.29. The fraction of sp³-hybridized carbons (Fsp3) is 0.478. The van der Waals surface area contributed by atoms with Crippen molar-refractivity contribution in [1.29, 1.82) is 0 Å². The van der Waals surface area contributed by atoms with Gasteiger partial charge in [-0.3, -0.25) is 9.36 Å². The SMILES string of the molecule is NC(=O)[C@H]1CC[C@H](n2c(Nc3c(Cl)cc(F)cc3Cl)nc3cnc(N[C@@H]4CCCOC4)nc32)CC1. The Balaban J connectivity index is 1.52. The van der Waals surface area contributed by atoms with Gasteiger partial charge in [-0.1, -0.05) is 23.2 Å². The Morgan fingerprint density at radius 2 is 1.89 bits per heavy atom. The molecule has 1 atom stereocenters. The number of halogens is 3. The maximum absolute atomic E-state index is 13.7. The summed E-state index contributed by atoms with van der Waals surface area (Å²) in [5.74, 6) is 0.00844. The summed E-state index contributed by atoms with van der Waals surface area (Å²) in [6.07, 6.45) is 6.42. The smallest absolute Gasteiger partial charge is 0.225 e. The number of primary amides is 1. The molecule has 0 radical (unpaired) electrons. The van der Waals surface area contributed by atoms with Gasteiger partial charge in [0.2, 0.25) is 17.8 Å². The number of hydrogen-bond acceptors (Lipinski definition) is 7. The van der Waals surface area contributed by atoms with Gasteiger partial charge in [-0.2, -0.15) is 4.98 Å². The number of fused-ring (bicyclic) bond motifs is 1. The highest BCUT2D eigenvalue weighted by Crippen LogP contribution is 2.39. The van der Waals surface area contributed by atoms with Gasteiger partial charge in [0.25, 0.3) is 0 Å². The molecule has 5 rings (SSSR count). The number of aromatic nitrogens is 4. The predicted molar refractivity (Wildman–Crippen MR) is 133 cm³/mol. The Morgan fingerprint density at radius 3 is 2.54 bits per heavy atom. The maximum atomic E-state index is 13.7. The Hall–Kier alpha value is -2.69. The molecule has 1 aliphatic carbocycles. The third-order valence-corrected chi connectivity index (χ3v) is 7.23. The van der Waals surface area contributed by atoms with Crippen LogP contribution >= 0.6 is 23.2 Å². The van der Waals surface area contributed by atoms with Crippen molar-refractivity contribution >= 4 is 57.9 Å². The van der Waals surface area contributed by atoms with E-state index >= 15 is 0 Å². The van der Waals surface area contributed by atoms with Crippen LogP contribution in [0.1, 0.15) is 44.6 Å². The van der Waals surface area contributed by atoms with Crippen molar-refractivity contribution in [3.05, 3.63) is 34.2 Å². The van der Waals surface area contributed by atoms with Gasteiger partial charge in [-0.05, 0) is 50.7 Å². The van der Waals surface area contributed by atoms with Crippen molar-refractivity contribution in [2.45, 2.75) is 50.6 Å². The Bertz CT molecular complexity index is 1220. The van der Waals surface area contributed by atoms with Crippen LogP contribution in [0.2, 0.25) is 10.0 Å². The number of amides is 1. The van der Waals surface area contributed by atoms with Crippen LogP contribution in [0.3, 0.4) is 0 Å². The highest BCUT2D eigenvalue weighted by molar-refractivity contribution is 6.39. The van der Waals surface area contributed by atoms with E-state index in [4.69, 9.17) is 43.6 Å². The van der Waals surface area contributed by atoms with Crippen LogP contribution in [0.25, 0.3) is 11.2 Å². The molecule has 2 fully saturated rings. The molecule has 1 amide bonds. The Kier molecular flexibility index (Phi) is 6.95. The van der Waals surface area contributed by atoms with E-state index in [2.05, 4.69) is 15.6 Å². The number of rotatable bonds is 6. The maximum Gasteiger partial charge on any atom is 0.225 e. The highest BCUT2D eigenvalue weighted by atomic mass is 35.5. The molecular formula is C23H26Cl2FN7O2. The molecule has 35 heavy (non-hydrogen) atoms. The van der Waals surface area contributed by atoms with E-state index in [0.29, 0.717) is 48.2 Å². The molecule has 186 valence electrons.